The van der Waals surface area contributed by atoms with Crippen molar-refractivity contribution in [2.24, 2.45) is 5.41 Å². The highest BCUT2D eigenvalue weighted by atomic mass is 16.7. The molecule has 3 heteroatoms. The van der Waals surface area contributed by atoms with Crippen molar-refractivity contribution < 1.29 is 9.47 Å². The van der Waals surface area contributed by atoms with E-state index < -0.39 is 5.79 Å². The molecule has 1 fully saturated rings. The van der Waals surface area contributed by atoms with E-state index in [4.69, 9.17) is 9.47 Å². The second-order valence-electron chi connectivity index (χ2n) is 6.14. The summed E-state index contributed by atoms with van der Waals surface area (Å²) in [4.78, 5) is 0. The summed E-state index contributed by atoms with van der Waals surface area (Å²) in [5.74, 6) is -0.584. The Kier molecular flexibility index (Phi) is 3.64. The van der Waals surface area contributed by atoms with Crippen LogP contribution in [0.4, 0.5) is 5.69 Å². The fourth-order valence-corrected chi connectivity index (χ4v) is 1.96. The van der Waals surface area contributed by atoms with Crippen LogP contribution in [0.3, 0.4) is 0 Å². The number of ether oxygens (including phenoxy) is 2. The van der Waals surface area contributed by atoms with Crippen molar-refractivity contribution in [3.05, 3.63) is 29.8 Å². The van der Waals surface area contributed by atoms with Gasteiger partial charge in [-0.05, 0) is 24.5 Å². The Hall–Kier alpha value is -1.06. The van der Waals surface area contributed by atoms with Crippen molar-refractivity contribution in [2.75, 3.05) is 25.1 Å². The van der Waals surface area contributed by atoms with Gasteiger partial charge in [0.2, 0.25) is 0 Å². The van der Waals surface area contributed by atoms with Gasteiger partial charge < -0.3 is 14.8 Å². The van der Waals surface area contributed by atoms with E-state index in [9.17, 15) is 0 Å². The van der Waals surface area contributed by atoms with E-state index in [0.29, 0.717) is 13.2 Å². The molecule has 0 saturated carbocycles. The molecule has 1 heterocycles. The third-order valence-corrected chi connectivity index (χ3v) is 3.05. The van der Waals surface area contributed by atoms with E-state index in [1.54, 1.807) is 0 Å². The summed E-state index contributed by atoms with van der Waals surface area (Å²) in [6, 6.07) is 8.27. The smallest absolute Gasteiger partial charge is 0.192 e. The van der Waals surface area contributed by atoms with Gasteiger partial charge in [0.1, 0.15) is 0 Å². The summed E-state index contributed by atoms with van der Waals surface area (Å²) in [6.45, 7) is 10.9. The van der Waals surface area contributed by atoms with Crippen LogP contribution in [0.15, 0.2) is 24.3 Å². The van der Waals surface area contributed by atoms with Crippen LogP contribution >= 0.6 is 0 Å². The Bertz CT molecular complexity index is 403. The van der Waals surface area contributed by atoms with Gasteiger partial charge in [0.05, 0.1) is 13.2 Å². The number of rotatable bonds is 3. The second kappa shape index (κ2) is 4.90. The first kappa shape index (κ1) is 13.4. The van der Waals surface area contributed by atoms with Gasteiger partial charge in [-0.3, -0.25) is 0 Å². The summed E-state index contributed by atoms with van der Waals surface area (Å²) in [7, 11) is 0. The predicted octanol–water partition coefficient (Wildman–Crippen LogP) is 3.36. The monoisotopic (exact) mass is 249 g/mol. The van der Waals surface area contributed by atoms with Crippen molar-refractivity contribution in [1.82, 2.24) is 0 Å². The van der Waals surface area contributed by atoms with Crippen molar-refractivity contribution >= 4 is 5.69 Å². The van der Waals surface area contributed by atoms with Crippen LogP contribution in [0.2, 0.25) is 0 Å². The summed E-state index contributed by atoms with van der Waals surface area (Å²) in [5.41, 5.74) is 2.45. The number of hydrogen-bond acceptors (Lipinski definition) is 3. The molecule has 0 amide bonds. The summed E-state index contributed by atoms with van der Waals surface area (Å²) < 4.78 is 11.4. The van der Waals surface area contributed by atoms with Crippen molar-refractivity contribution in [3.8, 4) is 0 Å². The van der Waals surface area contributed by atoms with Gasteiger partial charge in [0.15, 0.2) is 5.79 Å². The molecule has 1 aromatic rings. The second-order valence-corrected chi connectivity index (χ2v) is 6.14. The van der Waals surface area contributed by atoms with Gasteiger partial charge in [-0.1, -0.05) is 32.9 Å². The molecule has 1 N–H and O–H groups in total. The van der Waals surface area contributed by atoms with E-state index in [-0.39, 0.29) is 5.41 Å². The maximum absolute atomic E-state index is 5.68. The molecule has 0 aromatic heterocycles. The fraction of sp³-hybridized carbons (Fsp3) is 0.600. The molecule has 2 rings (SSSR count). The lowest BCUT2D eigenvalue weighted by atomic mass is 9.97. The Morgan fingerprint density at radius 2 is 1.89 bits per heavy atom. The van der Waals surface area contributed by atoms with Crippen molar-refractivity contribution in [2.45, 2.75) is 33.5 Å². The molecule has 0 unspecified atom stereocenters. The fourth-order valence-electron chi connectivity index (χ4n) is 1.96. The van der Waals surface area contributed by atoms with Crippen LogP contribution in [-0.2, 0) is 15.3 Å². The van der Waals surface area contributed by atoms with Crippen LogP contribution in [0, 0.1) is 5.41 Å². The van der Waals surface area contributed by atoms with E-state index in [2.05, 4.69) is 38.2 Å². The van der Waals surface area contributed by atoms with Gasteiger partial charge in [0, 0.05) is 17.8 Å². The molecular weight excluding hydrogens is 226 g/mol. The topological polar surface area (TPSA) is 30.5 Å². The lowest BCUT2D eigenvalue weighted by Crippen LogP contribution is -2.23. The first-order chi connectivity index (χ1) is 8.39. The molecule has 1 aliphatic heterocycles. The molecule has 100 valence electrons. The van der Waals surface area contributed by atoms with E-state index in [1.807, 2.05) is 19.1 Å². The van der Waals surface area contributed by atoms with Gasteiger partial charge in [-0.25, -0.2) is 0 Å². The van der Waals surface area contributed by atoms with Gasteiger partial charge in [-0.2, -0.15) is 0 Å². The minimum absolute atomic E-state index is 0.264. The van der Waals surface area contributed by atoms with Gasteiger partial charge in [0.25, 0.3) is 0 Å². The zero-order chi connectivity index (χ0) is 13.2. The first-order valence-corrected chi connectivity index (χ1v) is 6.51. The molecule has 0 aliphatic carbocycles. The minimum atomic E-state index is -0.584. The normalized spacial score (nSPS) is 18.9. The third kappa shape index (κ3) is 3.24. The average molecular weight is 249 g/mol. The molecule has 0 atom stereocenters. The van der Waals surface area contributed by atoms with Crippen LogP contribution in [0.25, 0.3) is 0 Å². The Morgan fingerprint density at radius 3 is 2.50 bits per heavy atom. The maximum Gasteiger partial charge on any atom is 0.192 e. The van der Waals surface area contributed by atoms with E-state index in [0.717, 1.165) is 17.8 Å². The predicted molar refractivity (Wildman–Crippen MR) is 73.6 cm³/mol. The van der Waals surface area contributed by atoms with Crippen molar-refractivity contribution in [3.63, 3.8) is 0 Å². The number of hydrogen-bond donors (Lipinski definition) is 1. The Balaban J connectivity index is 2.10. The third-order valence-electron chi connectivity index (χ3n) is 3.05. The highest BCUT2D eigenvalue weighted by Gasteiger charge is 2.33. The molecule has 0 radical (unpaired) electrons. The summed E-state index contributed by atoms with van der Waals surface area (Å²) in [5, 5.41) is 3.45. The molecule has 1 aromatic carbocycles. The Morgan fingerprint density at radius 1 is 1.22 bits per heavy atom. The number of benzene rings is 1. The average Bonchev–Trinajstić information content (AvgIpc) is 2.75. The maximum atomic E-state index is 5.68. The highest BCUT2D eigenvalue weighted by Crippen LogP contribution is 2.32. The molecule has 1 saturated heterocycles. The van der Waals surface area contributed by atoms with E-state index in [1.165, 1.54) is 0 Å². The SMILES string of the molecule is CC(C)(C)CNc1cccc(C2(C)OCCO2)c1. The van der Waals surface area contributed by atoms with Crippen LogP contribution in [0.5, 0.6) is 0 Å². The van der Waals surface area contributed by atoms with E-state index >= 15 is 0 Å². The molecule has 1 aliphatic rings. The standard InChI is InChI=1S/C15H23NO2/c1-14(2,3)11-16-13-7-5-6-12(10-13)15(4)17-8-9-18-15/h5-7,10,16H,8-9,11H2,1-4H3. The number of anilines is 1. The Labute approximate surface area is 109 Å². The zero-order valence-corrected chi connectivity index (χ0v) is 11.7. The molecule has 0 spiro atoms. The minimum Gasteiger partial charge on any atom is -0.385 e. The number of nitrogens with one attached hydrogen (secondary N) is 1. The van der Waals surface area contributed by atoms with Gasteiger partial charge >= 0.3 is 0 Å². The quantitative estimate of drug-likeness (QED) is 0.891. The lowest BCUT2D eigenvalue weighted by Gasteiger charge is -2.24. The zero-order valence-electron chi connectivity index (χ0n) is 11.7. The molecule has 0 bridgehead atoms. The highest BCUT2D eigenvalue weighted by molar-refractivity contribution is 5.47. The molecule has 3 nitrogen and oxygen atoms in total. The van der Waals surface area contributed by atoms with Crippen LogP contribution < -0.4 is 5.32 Å². The van der Waals surface area contributed by atoms with Gasteiger partial charge in [-0.15, -0.1) is 0 Å². The largest absolute Gasteiger partial charge is 0.385 e. The van der Waals surface area contributed by atoms with Crippen LogP contribution in [-0.4, -0.2) is 19.8 Å². The first-order valence-electron chi connectivity index (χ1n) is 6.51. The summed E-state index contributed by atoms with van der Waals surface area (Å²) in [6.07, 6.45) is 0. The lowest BCUT2D eigenvalue weighted by molar-refractivity contribution is -0.149. The van der Waals surface area contributed by atoms with Crippen LogP contribution in [0.1, 0.15) is 33.3 Å². The van der Waals surface area contributed by atoms with Crippen molar-refractivity contribution in [1.29, 1.82) is 0 Å². The molecular formula is C15H23NO2. The summed E-state index contributed by atoms with van der Waals surface area (Å²) >= 11 is 0. The molecule has 18 heavy (non-hydrogen) atoms.